The Kier molecular flexibility index (Phi) is 7.64. The molecule has 0 aromatic heterocycles. The summed E-state index contributed by atoms with van der Waals surface area (Å²) in [5, 5.41) is 0. The molecule has 176 valence electrons. The van der Waals surface area contributed by atoms with E-state index in [0.717, 1.165) is 16.7 Å². The van der Waals surface area contributed by atoms with Crippen molar-refractivity contribution in [2.45, 2.75) is 0 Å². The summed E-state index contributed by atoms with van der Waals surface area (Å²) in [7, 11) is -9.33. The van der Waals surface area contributed by atoms with Crippen LogP contribution in [0.5, 0.6) is 0 Å². The Morgan fingerprint density at radius 2 is 1.45 bits per heavy atom. The van der Waals surface area contributed by atoms with Gasteiger partial charge in [0.05, 0.1) is 5.92 Å². The van der Waals surface area contributed by atoms with E-state index in [4.69, 9.17) is 40.8 Å². The van der Waals surface area contributed by atoms with E-state index in [1.807, 2.05) is 30.4 Å². The molecule has 0 fully saturated rings. The monoisotopic (exact) mass is 499 g/mol. The number of hydrogen-bond acceptors (Lipinski definition) is 7. The summed E-state index contributed by atoms with van der Waals surface area (Å²) < 4.78 is 63.2. The van der Waals surface area contributed by atoms with Crippen molar-refractivity contribution >= 4 is 44.3 Å². The lowest BCUT2D eigenvalue weighted by molar-refractivity contribution is -0.131. The molecule has 0 radical (unpaired) electrons. The van der Waals surface area contributed by atoms with Crippen molar-refractivity contribution in [2.24, 2.45) is 17.6 Å². The average Bonchev–Trinajstić information content (AvgIpc) is 2.65. The summed E-state index contributed by atoms with van der Waals surface area (Å²) in [4.78, 5) is 36.5. The van der Waals surface area contributed by atoms with Crippen LogP contribution in [0, 0.1) is 11.8 Å². The number of rotatable bonds is 1. The van der Waals surface area contributed by atoms with Gasteiger partial charge >= 0.3 is 20.8 Å². The van der Waals surface area contributed by atoms with Gasteiger partial charge in [-0.2, -0.15) is 16.8 Å². The third-order valence-electron chi connectivity index (χ3n) is 4.49. The zero-order chi connectivity index (χ0) is 25.1. The second-order valence-electron chi connectivity index (χ2n) is 6.76. The van der Waals surface area contributed by atoms with E-state index in [2.05, 4.69) is 0 Å². The Hall–Kier alpha value is -3.27. The van der Waals surface area contributed by atoms with Crippen LogP contribution in [0.3, 0.4) is 0 Å². The molecule has 3 aliphatic rings. The quantitative estimate of drug-likeness (QED) is 0.266. The molecule has 4 rings (SSSR count). The van der Waals surface area contributed by atoms with Gasteiger partial charge in [-0.3, -0.25) is 32.6 Å². The van der Waals surface area contributed by atoms with Crippen LogP contribution >= 0.6 is 0 Å². The largest absolute Gasteiger partial charge is 0.394 e. The Labute approximate surface area is 187 Å². The van der Waals surface area contributed by atoms with Crippen LogP contribution in [0.1, 0.15) is 15.9 Å². The van der Waals surface area contributed by atoms with E-state index in [1.165, 1.54) is 6.08 Å². The third kappa shape index (κ3) is 7.38. The van der Waals surface area contributed by atoms with E-state index >= 15 is 0 Å². The summed E-state index contributed by atoms with van der Waals surface area (Å²) in [5.41, 5.74) is 8.88. The Balaban J connectivity index is 0.000000327. The number of carbonyl (C=O) groups is 3. The minimum Gasteiger partial charge on any atom is -0.369 e. The fourth-order valence-corrected chi connectivity index (χ4v) is 3.30. The number of nitrogens with two attached hydrogens (primary N) is 1. The molecule has 12 nitrogen and oxygen atoms in total. The molecule has 1 aromatic carbocycles. The van der Waals surface area contributed by atoms with Gasteiger partial charge in [0.2, 0.25) is 5.91 Å². The topological polar surface area (TPSA) is 226 Å². The highest BCUT2D eigenvalue weighted by Crippen LogP contribution is 2.38. The number of allylic oxidation sites excluding steroid dienone is 6. The molecule has 0 aliphatic heterocycles. The summed E-state index contributed by atoms with van der Waals surface area (Å²) in [6.07, 6.45) is 8.75. The highest BCUT2D eigenvalue weighted by atomic mass is 32.3. The van der Waals surface area contributed by atoms with Gasteiger partial charge in [0.25, 0.3) is 0 Å². The Morgan fingerprint density at radius 1 is 0.909 bits per heavy atom. The molecule has 2 atom stereocenters. The normalized spacial score (nSPS) is 20.8. The minimum absolute atomic E-state index is 0.0913. The molecule has 0 saturated heterocycles. The van der Waals surface area contributed by atoms with Crippen molar-refractivity contribution in [1.29, 1.82) is 0 Å². The average molecular weight is 499 g/mol. The van der Waals surface area contributed by atoms with Crippen molar-refractivity contribution in [2.75, 3.05) is 0 Å². The molecule has 6 N–H and O–H groups in total. The number of fused-ring (bicyclic) bond motifs is 3. The maximum Gasteiger partial charge on any atom is 0.394 e. The molecular weight excluding hydrogens is 482 g/mol. The molecule has 0 spiro atoms. The first-order chi connectivity index (χ1) is 15.1. The molecule has 1 amide bonds. The van der Waals surface area contributed by atoms with Crippen molar-refractivity contribution in [1.82, 2.24) is 0 Å². The lowest BCUT2D eigenvalue weighted by atomic mass is 9.73. The van der Waals surface area contributed by atoms with Crippen LogP contribution in [-0.2, 0) is 30.4 Å². The summed E-state index contributed by atoms with van der Waals surface area (Å²) in [6, 6.07) is 7.38. The lowest BCUT2D eigenvalue weighted by Gasteiger charge is -2.28. The van der Waals surface area contributed by atoms with Gasteiger partial charge in [0.1, 0.15) is 5.92 Å². The van der Waals surface area contributed by atoms with E-state index in [9.17, 15) is 14.4 Å². The summed E-state index contributed by atoms with van der Waals surface area (Å²) >= 11 is 0. The molecule has 2 unspecified atom stereocenters. The van der Waals surface area contributed by atoms with Crippen LogP contribution < -0.4 is 5.73 Å². The number of carbonyl (C=O) groups excluding carboxylic acids is 3. The number of primary amides is 1. The van der Waals surface area contributed by atoms with Crippen LogP contribution in [0.15, 0.2) is 65.3 Å². The van der Waals surface area contributed by atoms with Gasteiger partial charge in [0, 0.05) is 11.1 Å². The standard InChI is InChI=1S/C19H13NO3.2H2O4S/c20-19(23)14-6-5-11-8-12-7-10-3-1-2-4-13(10)17(21)16(12)9-15(11)18(14)22;2*1-5(2,3)4/h1-9,14-15H,(H2,20,23);2*(H2,1,2,3,4). The van der Waals surface area contributed by atoms with Gasteiger partial charge in [-0.1, -0.05) is 42.5 Å². The van der Waals surface area contributed by atoms with E-state index in [0.29, 0.717) is 11.1 Å². The molecule has 33 heavy (non-hydrogen) atoms. The molecule has 0 heterocycles. The van der Waals surface area contributed by atoms with E-state index in [-0.39, 0.29) is 11.6 Å². The predicted octanol–water partition coefficient (Wildman–Crippen LogP) is 0.684. The van der Waals surface area contributed by atoms with Crippen LogP contribution in [-0.4, -0.2) is 52.5 Å². The van der Waals surface area contributed by atoms with Crippen LogP contribution in [0.25, 0.3) is 6.08 Å². The van der Waals surface area contributed by atoms with Gasteiger partial charge in [-0.05, 0) is 28.9 Å². The molecule has 1 aromatic rings. The van der Waals surface area contributed by atoms with Gasteiger partial charge in [-0.25, -0.2) is 0 Å². The first-order valence-corrected chi connectivity index (χ1v) is 11.6. The predicted molar refractivity (Wildman–Crippen MR) is 114 cm³/mol. The highest BCUT2D eigenvalue weighted by molar-refractivity contribution is 7.80. The molecule has 0 saturated carbocycles. The Bertz CT molecular complexity index is 1300. The van der Waals surface area contributed by atoms with Crippen LogP contribution in [0.4, 0.5) is 0 Å². The molecule has 3 aliphatic carbocycles. The van der Waals surface area contributed by atoms with Gasteiger partial charge in [-0.15, -0.1) is 0 Å². The number of ketones is 2. The van der Waals surface area contributed by atoms with Crippen molar-refractivity contribution < 1.29 is 49.4 Å². The summed E-state index contributed by atoms with van der Waals surface area (Å²) in [6.45, 7) is 0. The molecular formula is C19H17NO11S2. The zero-order valence-corrected chi connectivity index (χ0v) is 18.0. The smallest absolute Gasteiger partial charge is 0.369 e. The van der Waals surface area contributed by atoms with E-state index < -0.39 is 38.5 Å². The first-order valence-electron chi connectivity index (χ1n) is 8.76. The summed E-state index contributed by atoms with van der Waals surface area (Å²) in [5.74, 6) is -2.54. The maximum absolute atomic E-state index is 12.7. The zero-order valence-electron chi connectivity index (χ0n) is 16.4. The van der Waals surface area contributed by atoms with Gasteiger partial charge < -0.3 is 5.73 Å². The van der Waals surface area contributed by atoms with Crippen molar-refractivity contribution in [3.8, 4) is 0 Å². The van der Waals surface area contributed by atoms with Crippen LogP contribution in [0.2, 0.25) is 0 Å². The highest BCUT2D eigenvalue weighted by Gasteiger charge is 2.37. The number of amides is 1. The number of benzene rings is 1. The Morgan fingerprint density at radius 3 is 2.00 bits per heavy atom. The SMILES string of the molecule is NC(=O)C1C=CC2=CC3=Cc4ccccc4C(=O)C3=CC2C1=O.O=S(=O)(O)O.O=S(=O)(O)O. The van der Waals surface area contributed by atoms with Gasteiger partial charge in [0.15, 0.2) is 11.6 Å². The molecule has 0 bridgehead atoms. The first kappa shape index (κ1) is 26.0. The fraction of sp³-hybridized carbons (Fsp3) is 0.105. The number of Topliss-reactive ketones (excluding diaryl/α,β-unsaturated/α-hetero) is 2. The minimum atomic E-state index is -4.67. The third-order valence-corrected chi connectivity index (χ3v) is 4.49. The lowest BCUT2D eigenvalue weighted by Crippen LogP contribution is -2.36. The maximum atomic E-state index is 12.7. The number of hydrogen-bond donors (Lipinski definition) is 5. The van der Waals surface area contributed by atoms with Crippen molar-refractivity contribution in [3.63, 3.8) is 0 Å². The second kappa shape index (κ2) is 9.70. The second-order valence-corrected chi connectivity index (χ2v) is 8.55. The molecule has 14 heteroatoms. The van der Waals surface area contributed by atoms with E-state index in [1.54, 1.807) is 18.2 Å². The van der Waals surface area contributed by atoms with Crippen molar-refractivity contribution in [3.05, 3.63) is 76.4 Å². The fourth-order valence-electron chi connectivity index (χ4n) is 3.30.